The molecule has 4 rings (SSSR count). The average molecular weight is 526 g/mol. The third-order valence-corrected chi connectivity index (χ3v) is 5.90. The van der Waals surface area contributed by atoms with E-state index < -0.39 is 11.2 Å². The Morgan fingerprint density at radius 1 is 1.15 bits per heavy atom. The molecule has 0 saturated heterocycles. The van der Waals surface area contributed by atoms with Gasteiger partial charge in [0.25, 0.3) is 11.5 Å². The zero-order valence-electron chi connectivity index (χ0n) is 18.7. The summed E-state index contributed by atoms with van der Waals surface area (Å²) in [7, 11) is 1.61. The summed E-state index contributed by atoms with van der Waals surface area (Å²) in [6, 6.07) is 12.2. The number of fused-ring (bicyclic) bond motifs is 1. The molecule has 176 valence electrons. The van der Waals surface area contributed by atoms with Gasteiger partial charge in [-0.2, -0.15) is 5.17 Å². The van der Waals surface area contributed by atoms with Crippen molar-refractivity contribution in [2.24, 2.45) is 7.05 Å². The van der Waals surface area contributed by atoms with E-state index in [2.05, 4.69) is 26.7 Å². The number of benzene rings is 2. The van der Waals surface area contributed by atoms with Crippen LogP contribution < -0.4 is 22.0 Å². The number of hydrogen-bond donors (Lipinski definition) is 2. The second kappa shape index (κ2) is 10.1. The number of halogens is 1. The van der Waals surface area contributed by atoms with Gasteiger partial charge in [0.15, 0.2) is 0 Å². The van der Waals surface area contributed by atoms with E-state index >= 15 is 0 Å². The highest BCUT2D eigenvalue weighted by atomic mass is 79.9. The van der Waals surface area contributed by atoms with Crippen molar-refractivity contribution >= 4 is 32.7 Å². The summed E-state index contributed by atoms with van der Waals surface area (Å²) in [6.07, 6.45) is 5.27. The highest BCUT2D eigenvalue weighted by Crippen LogP contribution is 2.14. The lowest BCUT2D eigenvalue weighted by molar-refractivity contribution is -0.144. The number of nitrogens with one attached hydrogen (secondary N) is 2. The van der Waals surface area contributed by atoms with E-state index in [1.165, 1.54) is 20.4 Å². The molecule has 9 nitrogen and oxygen atoms in total. The number of aromatic nitrogens is 2. The van der Waals surface area contributed by atoms with Crippen molar-refractivity contribution in [3.8, 4) is 0 Å². The first-order valence-corrected chi connectivity index (χ1v) is 11.5. The summed E-state index contributed by atoms with van der Waals surface area (Å²) >= 11 is 3.38. The fraction of sp³-hybridized carbons (Fsp3) is 0.208. The molecule has 1 aliphatic heterocycles. The van der Waals surface area contributed by atoms with Crippen LogP contribution in [0.1, 0.15) is 22.8 Å². The monoisotopic (exact) mass is 525 g/mol. The molecule has 10 heteroatoms. The first-order valence-electron chi connectivity index (χ1n) is 10.7. The number of rotatable bonds is 7. The molecule has 2 aromatic carbocycles. The second-order valence-electron chi connectivity index (χ2n) is 7.68. The molecule has 0 radical (unpaired) electrons. The van der Waals surface area contributed by atoms with Crippen LogP contribution in [0.25, 0.3) is 10.9 Å². The Balaban J connectivity index is 1.60. The van der Waals surface area contributed by atoms with Crippen LogP contribution in [0.15, 0.2) is 80.6 Å². The van der Waals surface area contributed by atoms with Crippen LogP contribution in [0, 0.1) is 0 Å². The number of aryl methyl sites for hydroxylation is 1. The van der Waals surface area contributed by atoms with Gasteiger partial charge in [-0.15, -0.1) is 0 Å². The van der Waals surface area contributed by atoms with E-state index in [9.17, 15) is 14.4 Å². The van der Waals surface area contributed by atoms with Crippen LogP contribution in [0.4, 0.5) is 0 Å². The van der Waals surface area contributed by atoms with Crippen LogP contribution >= 0.6 is 15.9 Å². The first-order chi connectivity index (χ1) is 16.4. The van der Waals surface area contributed by atoms with Crippen molar-refractivity contribution in [3.63, 3.8) is 0 Å². The van der Waals surface area contributed by atoms with Gasteiger partial charge >= 0.3 is 5.69 Å². The summed E-state index contributed by atoms with van der Waals surface area (Å²) in [5.74, 6) is -0.328. The predicted molar refractivity (Wildman–Crippen MR) is 133 cm³/mol. The molecule has 2 N–H and O–H groups in total. The lowest BCUT2D eigenvalue weighted by Crippen LogP contribution is -2.39. The molecule has 2 heterocycles. The molecule has 0 aliphatic carbocycles. The number of hydroxylamine groups is 1. The molecule has 0 spiro atoms. The Labute approximate surface area is 204 Å². The molecule has 0 unspecified atom stereocenters. The summed E-state index contributed by atoms with van der Waals surface area (Å²) in [4.78, 5) is 44.2. The number of carbonyl (C=O) groups excluding carboxylic acids is 1. The molecule has 1 aromatic heterocycles. The third-order valence-electron chi connectivity index (χ3n) is 5.37. The minimum Gasteiger partial charge on any atom is -0.348 e. The van der Waals surface area contributed by atoms with Crippen LogP contribution in [-0.4, -0.2) is 33.4 Å². The Bertz CT molecular complexity index is 1410. The van der Waals surface area contributed by atoms with Gasteiger partial charge in [-0.25, -0.2) is 4.79 Å². The van der Waals surface area contributed by atoms with Crippen molar-refractivity contribution in [2.45, 2.75) is 13.5 Å². The van der Waals surface area contributed by atoms with E-state index in [0.29, 0.717) is 23.1 Å². The third kappa shape index (κ3) is 4.97. The Kier molecular flexibility index (Phi) is 6.99. The van der Waals surface area contributed by atoms with Gasteiger partial charge in [0.05, 0.1) is 30.3 Å². The maximum absolute atomic E-state index is 13.2. The van der Waals surface area contributed by atoms with E-state index in [0.717, 1.165) is 15.6 Å². The standard InChI is InChI=1S/C24H24BrN5O4/c1-3-34-30-15-17(10-11-27-30)13-26-22(31)18-6-9-21-20(12-18)23(32)29(24(33)28(21)2)14-16-4-7-19(25)8-5-16/h4-12,15,27H,3,13-14H2,1-2H3,(H,26,31). The maximum atomic E-state index is 13.2. The van der Waals surface area contributed by atoms with Gasteiger partial charge in [0.2, 0.25) is 0 Å². The summed E-state index contributed by atoms with van der Waals surface area (Å²) < 4.78 is 3.51. The van der Waals surface area contributed by atoms with Gasteiger partial charge in [0.1, 0.15) is 0 Å². The van der Waals surface area contributed by atoms with Crippen molar-refractivity contribution in [1.82, 2.24) is 25.0 Å². The van der Waals surface area contributed by atoms with Gasteiger partial charge in [-0.05, 0) is 54.5 Å². The average Bonchev–Trinajstić information content (AvgIpc) is 2.85. The quantitative estimate of drug-likeness (QED) is 0.491. The number of hydrogen-bond acceptors (Lipinski definition) is 6. The number of amides is 1. The minimum absolute atomic E-state index is 0.135. The highest BCUT2D eigenvalue weighted by molar-refractivity contribution is 9.10. The maximum Gasteiger partial charge on any atom is 0.331 e. The lowest BCUT2D eigenvalue weighted by Gasteiger charge is -2.22. The second-order valence-corrected chi connectivity index (χ2v) is 8.60. The largest absolute Gasteiger partial charge is 0.348 e. The normalized spacial score (nSPS) is 13.0. The fourth-order valence-electron chi connectivity index (χ4n) is 3.62. The van der Waals surface area contributed by atoms with Gasteiger partial charge in [0, 0.05) is 29.8 Å². The molecule has 0 fully saturated rings. The molecule has 34 heavy (non-hydrogen) atoms. The molecular weight excluding hydrogens is 502 g/mol. The molecule has 3 aromatic rings. The van der Waals surface area contributed by atoms with Gasteiger partial charge in [-0.1, -0.05) is 28.1 Å². The van der Waals surface area contributed by atoms with Gasteiger partial charge in [-0.3, -0.25) is 29.0 Å². The SMILES string of the molecule is CCON1C=C(CNC(=O)c2ccc3c(c2)c(=O)n(Cc2ccc(Br)cc2)c(=O)n3C)C=CN1. The molecule has 1 aliphatic rings. The van der Waals surface area contributed by atoms with E-state index in [1.54, 1.807) is 31.6 Å². The topological polar surface area (TPSA) is 97.6 Å². The van der Waals surface area contributed by atoms with Crippen molar-refractivity contribution in [1.29, 1.82) is 0 Å². The van der Waals surface area contributed by atoms with Crippen LogP contribution in [0.3, 0.4) is 0 Å². The zero-order valence-corrected chi connectivity index (χ0v) is 20.3. The van der Waals surface area contributed by atoms with E-state index in [1.807, 2.05) is 37.3 Å². The smallest absolute Gasteiger partial charge is 0.331 e. The number of hydrazine groups is 1. The van der Waals surface area contributed by atoms with E-state index in [-0.39, 0.29) is 19.0 Å². The summed E-state index contributed by atoms with van der Waals surface area (Å²) in [5, 5.41) is 4.62. The Morgan fingerprint density at radius 3 is 2.65 bits per heavy atom. The van der Waals surface area contributed by atoms with Crippen LogP contribution in [0.5, 0.6) is 0 Å². The van der Waals surface area contributed by atoms with Crippen molar-refractivity contribution in [3.05, 3.63) is 103 Å². The van der Waals surface area contributed by atoms with Crippen molar-refractivity contribution in [2.75, 3.05) is 13.2 Å². The highest BCUT2D eigenvalue weighted by Gasteiger charge is 2.15. The molecule has 1 amide bonds. The fourth-order valence-corrected chi connectivity index (χ4v) is 3.88. The molecule has 0 atom stereocenters. The molecular formula is C24H24BrN5O4. The minimum atomic E-state index is -0.438. The van der Waals surface area contributed by atoms with Crippen LogP contribution in [-0.2, 0) is 18.4 Å². The molecule has 0 saturated carbocycles. The number of carbonyl (C=O) groups is 1. The zero-order chi connectivity index (χ0) is 24.2. The van der Waals surface area contributed by atoms with Gasteiger partial charge < -0.3 is 5.32 Å². The Morgan fingerprint density at radius 2 is 1.91 bits per heavy atom. The lowest BCUT2D eigenvalue weighted by atomic mass is 10.1. The van der Waals surface area contributed by atoms with E-state index in [4.69, 9.17) is 4.84 Å². The molecule has 0 bridgehead atoms. The van der Waals surface area contributed by atoms with Crippen LogP contribution in [0.2, 0.25) is 0 Å². The van der Waals surface area contributed by atoms with Crippen molar-refractivity contribution < 1.29 is 9.63 Å². The summed E-state index contributed by atoms with van der Waals surface area (Å²) in [6.45, 7) is 2.78. The predicted octanol–water partition coefficient (Wildman–Crippen LogP) is 2.41. The number of nitrogens with zero attached hydrogens (tertiary/aromatic N) is 3. The summed E-state index contributed by atoms with van der Waals surface area (Å²) in [5.41, 5.74) is 4.50. The Hall–Kier alpha value is -3.63. The first kappa shape index (κ1) is 23.5.